The summed E-state index contributed by atoms with van der Waals surface area (Å²) in [5.74, 6) is 1.12. The lowest BCUT2D eigenvalue weighted by atomic mass is 10.0. The Labute approximate surface area is 170 Å². The minimum Gasteiger partial charge on any atom is -0.497 e. The zero-order valence-corrected chi connectivity index (χ0v) is 17.1. The van der Waals surface area contributed by atoms with Gasteiger partial charge in [0.05, 0.1) is 19.1 Å². The number of rotatable bonds is 6. The molecule has 1 aromatic heterocycles. The van der Waals surface area contributed by atoms with Gasteiger partial charge in [-0.25, -0.2) is 9.80 Å². The highest BCUT2D eigenvalue weighted by Gasteiger charge is 2.35. The van der Waals surface area contributed by atoms with E-state index in [2.05, 4.69) is 10.4 Å². The maximum atomic E-state index is 13.0. The van der Waals surface area contributed by atoms with Gasteiger partial charge in [-0.05, 0) is 55.8 Å². The zero-order chi connectivity index (χ0) is 21.0. The molecule has 3 rings (SSSR count). The van der Waals surface area contributed by atoms with Gasteiger partial charge in [-0.3, -0.25) is 4.79 Å². The summed E-state index contributed by atoms with van der Waals surface area (Å²) in [5, 5.41) is 8.75. The van der Waals surface area contributed by atoms with Crippen molar-refractivity contribution in [3.63, 3.8) is 0 Å². The van der Waals surface area contributed by atoms with Crippen molar-refractivity contribution < 1.29 is 18.7 Å². The summed E-state index contributed by atoms with van der Waals surface area (Å²) in [5.41, 5.74) is 1.68. The third kappa shape index (κ3) is 4.77. The fourth-order valence-corrected chi connectivity index (χ4v) is 3.11. The van der Waals surface area contributed by atoms with Crippen molar-refractivity contribution in [1.29, 1.82) is 0 Å². The summed E-state index contributed by atoms with van der Waals surface area (Å²) >= 11 is 0. The molecule has 1 aliphatic rings. The van der Waals surface area contributed by atoms with Gasteiger partial charge in [-0.1, -0.05) is 0 Å². The summed E-state index contributed by atoms with van der Waals surface area (Å²) in [7, 11) is 3.20. The number of methoxy groups -OCH3 is 1. The lowest BCUT2D eigenvalue weighted by Crippen LogP contribution is -2.45. The molecule has 8 nitrogen and oxygen atoms in total. The van der Waals surface area contributed by atoms with E-state index in [1.165, 1.54) is 9.91 Å². The van der Waals surface area contributed by atoms with Crippen LogP contribution in [0.15, 0.2) is 52.2 Å². The quantitative estimate of drug-likeness (QED) is 0.810. The van der Waals surface area contributed by atoms with Crippen molar-refractivity contribution in [3.8, 4) is 5.75 Å². The maximum absolute atomic E-state index is 13.0. The van der Waals surface area contributed by atoms with Crippen LogP contribution in [0.4, 0.5) is 4.79 Å². The lowest BCUT2D eigenvalue weighted by Gasteiger charge is -2.24. The molecule has 1 aliphatic heterocycles. The Morgan fingerprint density at radius 3 is 2.62 bits per heavy atom. The summed E-state index contributed by atoms with van der Waals surface area (Å²) in [6, 6.07) is 10.5. The van der Waals surface area contributed by atoms with Gasteiger partial charge in [-0.2, -0.15) is 5.10 Å². The van der Waals surface area contributed by atoms with Crippen LogP contribution in [-0.2, 0) is 4.79 Å². The maximum Gasteiger partial charge on any atom is 0.317 e. The number of likely N-dealkylation sites (N-methyl/N-ethyl adjacent to an activating group) is 1. The minimum atomic E-state index is -0.351. The molecule has 0 saturated heterocycles. The van der Waals surface area contributed by atoms with Gasteiger partial charge in [-0.15, -0.1) is 0 Å². The molecule has 3 amide bonds. The second kappa shape index (κ2) is 8.81. The highest BCUT2D eigenvalue weighted by molar-refractivity contribution is 6.03. The molecule has 1 atom stereocenters. The fraction of sp³-hybridized carbons (Fsp3) is 0.381. The minimum absolute atomic E-state index is 0.0117. The Morgan fingerprint density at radius 2 is 2.03 bits per heavy atom. The number of benzene rings is 1. The van der Waals surface area contributed by atoms with Crippen molar-refractivity contribution in [2.75, 3.05) is 20.7 Å². The van der Waals surface area contributed by atoms with E-state index in [1.54, 1.807) is 26.5 Å². The first-order chi connectivity index (χ1) is 13.9. The Balaban J connectivity index is 1.80. The van der Waals surface area contributed by atoms with Crippen LogP contribution in [0.1, 0.15) is 37.6 Å². The number of carbonyl (C=O) groups excluding carboxylic acids is 2. The molecule has 0 spiro atoms. The van der Waals surface area contributed by atoms with Crippen LogP contribution in [0.2, 0.25) is 0 Å². The third-order valence-electron chi connectivity index (χ3n) is 4.59. The molecule has 0 unspecified atom stereocenters. The molecule has 29 heavy (non-hydrogen) atoms. The Hall–Kier alpha value is -3.29. The number of hydrogen-bond acceptors (Lipinski definition) is 5. The van der Waals surface area contributed by atoms with Crippen molar-refractivity contribution in [2.45, 2.75) is 32.4 Å². The highest BCUT2D eigenvalue weighted by atomic mass is 16.5. The number of hydrazone groups is 1. The molecule has 154 valence electrons. The van der Waals surface area contributed by atoms with E-state index in [1.807, 2.05) is 44.2 Å². The molecule has 0 fully saturated rings. The molecular weight excluding hydrogens is 372 g/mol. The SMILES string of the molecule is COc1ccc(C2=NN(C(=O)CN(C)C(=O)NC(C)C)[C@H](c3ccco3)C2)cc1. The molecule has 0 aliphatic carbocycles. The average Bonchev–Trinajstić information content (AvgIpc) is 3.37. The van der Waals surface area contributed by atoms with E-state index in [0.717, 1.165) is 17.0 Å². The van der Waals surface area contributed by atoms with Crippen molar-refractivity contribution in [3.05, 3.63) is 54.0 Å². The largest absolute Gasteiger partial charge is 0.497 e. The number of amides is 3. The lowest BCUT2D eigenvalue weighted by molar-refractivity contribution is -0.133. The van der Waals surface area contributed by atoms with E-state index in [0.29, 0.717) is 12.2 Å². The standard InChI is InChI=1S/C21H26N4O4/c1-14(2)22-21(27)24(3)13-20(26)25-18(19-6-5-11-29-19)12-17(23-25)15-7-9-16(28-4)10-8-15/h5-11,14,18H,12-13H2,1-4H3,(H,22,27)/t18-/m0/s1. The highest BCUT2D eigenvalue weighted by Crippen LogP contribution is 2.33. The number of urea groups is 1. The van der Waals surface area contributed by atoms with Crippen LogP contribution in [0.3, 0.4) is 0 Å². The molecule has 1 aromatic carbocycles. The van der Waals surface area contributed by atoms with Crippen LogP contribution in [-0.4, -0.2) is 54.3 Å². The van der Waals surface area contributed by atoms with Gasteiger partial charge < -0.3 is 19.4 Å². The van der Waals surface area contributed by atoms with Crippen LogP contribution in [0.5, 0.6) is 5.75 Å². The van der Waals surface area contributed by atoms with E-state index >= 15 is 0 Å². The van der Waals surface area contributed by atoms with Gasteiger partial charge in [0.25, 0.3) is 5.91 Å². The summed E-state index contributed by atoms with van der Waals surface area (Å²) in [4.78, 5) is 26.5. The van der Waals surface area contributed by atoms with Crippen LogP contribution >= 0.6 is 0 Å². The van der Waals surface area contributed by atoms with E-state index < -0.39 is 0 Å². The zero-order valence-electron chi connectivity index (χ0n) is 17.1. The third-order valence-corrected chi connectivity index (χ3v) is 4.59. The normalized spacial score (nSPS) is 16.0. The Morgan fingerprint density at radius 1 is 1.31 bits per heavy atom. The predicted octanol–water partition coefficient (Wildman–Crippen LogP) is 3.02. The van der Waals surface area contributed by atoms with Gasteiger partial charge >= 0.3 is 6.03 Å². The van der Waals surface area contributed by atoms with E-state index in [9.17, 15) is 9.59 Å². The van der Waals surface area contributed by atoms with Gasteiger partial charge in [0.2, 0.25) is 0 Å². The monoisotopic (exact) mass is 398 g/mol. The van der Waals surface area contributed by atoms with Gasteiger partial charge in [0, 0.05) is 19.5 Å². The number of carbonyl (C=O) groups is 2. The van der Waals surface area contributed by atoms with Crippen LogP contribution in [0, 0.1) is 0 Å². The molecule has 2 heterocycles. The second-order valence-corrected chi connectivity index (χ2v) is 7.21. The summed E-state index contributed by atoms with van der Waals surface area (Å²) in [6.07, 6.45) is 2.10. The molecule has 0 radical (unpaired) electrons. The molecule has 0 saturated carbocycles. The van der Waals surface area contributed by atoms with Crippen LogP contribution in [0.25, 0.3) is 0 Å². The number of hydrogen-bond donors (Lipinski definition) is 1. The Kier molecular flexibility index (Phi) is 6.21. The first kappa shape index (κ1) is 20.4. The summed E-state index contributed by atoms with van der Waals surface area (Å²) < 4.78 is 10.7. The van der Waals surface area contributed by atoms with Gasteiger partial charge in [0.15, 0.2) is 0 Å². The fourth-order valence-electron chi connectivity index (χ4n) is 3.11. The van der Waals surface area contributed by atoms with Crippen molar-refractivity contribution in [1.82, 2.24) is 15.2 Å². The van der Waals surface area contributed by atoms with Crippen molar-refractivity contribution in [2.24, 2.45) is 5.10 Å². The second-order valence-electron chi connectivity index (χ2n) is 7.21. The van der Waals surface area contributed by atoms with Gasteiger partial charge in [0.1, 0.15) is 24.1 Å². The van der Waals surface area contributed by atoms with Crippen molar-refractivity contribution >= 4 is 17.6 Å². The first-order valence-electron chi connectivity index (χ1n) is 9.48. The molecule has 1 N–H and O–H groups in total. The number of nitrogens with one attached hydrogen (secondary N) is 1. The van der Waals surface area contributed by atoms with Crippen LogP contribution < -0.4 is 10.1 Å². The number of furan rings is 1. The predicted molar refractivity (Wildman–Crippen MR) is 109 cm³/mol. The Bertz CT molecular complexity index is 875. The molecule has 2 aromatic rings. The number of ether oxygens (including phenoxy) is 1. The molecule has 8 heteroatoms. The van der Waals surface area contributed by atoms with E-state index in [4.69, 9.17) is 9.15 Å². The summed E-state index contributed by atoms with van der Waals surface area (Å²) in [6.45, 7) is 3.65. The smallest absolute Gasteiger partial charge is 0.317 e. The average molecular weight is 398 g/mol. The molecular formula is C21H26N4O4. The molecule has 0 bridgehead atoms. The van der Waals surface area contributed by atoms with E-state index in [-0.39, 0.29) is 30.6 Å². The topological polar surface area (TPSA) is 87.4 Å². The first-order valence-corrected chi connectivity index (χ1v) is 9.48. The number of nitrogens with zero attached hydrogens (tertiary/aromatic N) is 3.